The number of carboxylic acid groups (broad SMARTS) is 1. The van der Waals surface area contributed by atoms with Gasteiger partial charge in [0.1, 0.15) is 0 Å². The van der Waals surface area contributed by atoms with E-state index in [9.17, 15) is 4.79 Å². The van der Waals surface area contributed by atoms with Crippen molar-refractivity contribution in [1.29, 1.82) is 0 Å². The predicted molar refractivity (Wildman–Crippen MR) is 48.1 cm³/mol. The molecule has 0 spiro atoms. The van der Waals surface area contributed by atoms with Crippen LogP contribution in [0.15, 0.2) is 10.6 Å². The van der Waals surface area contributed by atoms with Gasteiger partial charge in [-0.3, -0.25) is 0 Å². The number of carboxylic acids is 1. The highest BCUT2D eigenvalue weighted by Gasteiger charge is 2.31. The average molecular weight is 189 g/mol. The number of hydrogen-bond acceptors (Lipinski definition) is 1. The van der Waals surface area contributed by atoms with Gasteiger partial charge in [0.25, 0.3) is 0 Å². The highest BCUT2D eigenvalue weighted by atomic mass is 35.5. The van der Waals surface area contributed by atoms with Gasteiger partial charge in [0.2, 0.25) is 0 Å². The molecule has 0 aliphatic heterocycles. The summed E-state index contributed by atoms with van der Waals surface area (Å²) in [5.41, 5.74) is 0.251. The molecule has 1 aliphatic rings. The van der Waals surface area contributed by atoms with Crippen molar-refractivity contribution >= 4 is 17.6 Å². The zero-order valence-corrected chi connectivity index (χ0v) is 8.11. The van der Waals surface area contributed by atoms with Crippen LogP contribution in [0, 0.1) is 5.41 Å². The Morgan fingerprint density at radius 2 is 2.17 bits per heavy atom. The normalized spacial score (nSPS) is 22.6. The summed E-state index contributed by atoms with van der Waals surface area (Å²) < 4.78 is 0. The van der Waals surface area contributed by atoms with Crippen molar-refractivity contribution in [3.8, 4) is 0 Å². The minimum absolute atomic E-state index is 0.145. The lowest BCUT2D eigenvalue weighted by Crippen LogP contribution is -2.21. The Morgan fingerprint density at radius 3 is 2.58 bits per heavy atom. The van der Waals surface area contributed by atoms with E-state index in [0.29, 0.717) is 17.0 Å². The summed E-state index contributed by atoms with van der Waals surface area (Å²) in [6, 6.07) is 0. The summed E-state index contributed by atoms with van der Waals surface area (Å²) in [5, 5.41) is 9.33. The number of carbonyl (C=O) groups is 1. The maximum atomic E-state index is 10.7. The van der Waals surface area contributed by atoms with Gasteiger partial charge in [-0.25, -0.2) is 4.79 Å². The van der Waals surface area contributed by atoms with Crippen molar-refractivity contribution in [2.24, 2.45) is 5.41 Å². The molecule has 1 N–H and O–H groups in total. The standard InChI is InChI=1S/C9H13ClO2/c1-9(2)5-3-4-6(7(9)10)8(11)12/h3-5H2,1-2H3,(H,11,12). The second-order valence-corrected chi connectivity index (χ2v) is 4.21. The summed E-state index contributed by atoms with van der Waals surface area (Å²) in [6.45, 7) is 3.97. The molecule has 0 unspecified atom stereocenters. The van der Waals surface area contributed by atoms with Gasteiger partial charge in [-0.05, 0) is 19.3 Å². The van der Waals surface area contributed by atoms with Crippen LogP contribution in [0.1, 0.15) is 33.1 Å². The quantitative estimate of drug-likeness (QED) is 0.687. The Hall–Kier alpha value is -0.500. The molecule has 0 saturated carbocycles. The molecule has 12 heavy (non-hydrogen) atoms. The van der Waals surface area contributed by atoms with Crippen molar-refractivity contribution < 1.29 is 9.90 Å². The van der Waals surface area contributed by atoms with Gasteiger partial charge < -0.3 is 5.11 Å². The number of allylic oxidation sites excluding steroid dienone is 1. The van der Waals surface area contributed by atoms with Gasteiger partial charge >= 0.3 is 5.97 Å². The average Bonchev–Trinajstić information content (AvgIpc) is 1.94. The monoisotopic (exact) mass is 188 g/mol. The molecule has 0 aromatic rings. The lowest BCUT2D eigenvalue weighted by atomic mass is 9.79. The molecule has 1 aliphatic carbocycles. The number of aliphatic carboxylic acids is 1. The SMILES string of the molecule is CC1(C)CCCC(C(=O)O)=C1Cl. The molecule has 68 valence electrons. The first-order valence-corrected chi connectivity index (χ1v) is 4.45. The third-order valence-electron chi connectivity index (χ3n) is 2.35. The van der Waals surface area contributed by atoms with Crippen molar-refractivity contribution in [2.75, 3.05) is 0 Å². The van der Waals surface area contributed by atoms with Gasteiger partial charge in [-0.2, -0.15) is 0 Å². The first kappa shape index (κ1) is 9.59. The summed E-state index contributed by atoms with van der Waals surface area (Å²) in [6.07, 6.45) is 2.51. The highest BCUT2D eigenvalue weighted by Crippen LogP contribution is 2.42. The third-order valence-corrected chi connectivity index (χ3v) is 3.09. The molecular weight excluding hydrogens is 176 g/mol. The van der Waals surface area contributed by atoms with Crippen LogP contribution in [0.3, 0.4) is 0 Å². The molecule has 0 bridgehead atoms. The van der Waals surface area contributed by atoms with Crippen LogP contribution in [0.25, 0.3) is 0 Å². The van der Waals surface area contributed by atoms with Crippen molar-refractivity contribution in [1.82, 2.24) is 0 Å². The van der Waals surface area contributed by atoms with Crippen LogP contribution in [0.2, 0.25) is 0 Å². The Balaban J connectivity index is 3.04. The van der Waals surface area contributed by atoms with Gasteiger partial charge in [0.15, 0.2) is 0 Å². The van der Waals surface area contributed by atoms with Crippen molar-refractivity contribution in [3.05, 3.63) is 10.6 Å². The van der Waals surface area contributed by atoms with Gasteiger partial charge in [-0.15, -0.1) is 0 Å². The number of halogens is 1. The van der Waals surface area contributed by atoms with E-state index in [1.54, 1.807) is 0 Å². The minimum atomic E-state index is -0.868. The molecule has 3 heteroatoms. The van der Waals surface area contributed by atoms with Crippen molar-refractivity contribution in [3.63, 3.8) is 0 Å². The van der Waals surface area contributed by atoms with Gasteiger partial charge in [0.05, 0.1) is 5.57 Å². The van der Waals surface area contributed by atoms with E-state index in [-0.39, 0.29) is 5.41 Å². The summed E-state index contributed by atoms with van der Waals surface area (Å²) in [5.74, 6) is -0.868. The smallest absolute Gasteiger partial charge is 0.332 e. The second-order valence-electron chi connectivity index (χ2n) is 3.84. The molecule has 1 rings (SSSR count). The fourth-order valence-corrected chi connectivity index (χ4v) is 1.81. The van der Waals surface area contributed by atoms with E-state index in [1.807, 2.05) is 13.8 Å². The topological polar surface area (TPSA) is 37.3 Å². The fraction of sp³-hybridized carbons (Fsp3) is 0.667. The van der Waals surface area contributed by atoms with E-state index in [2.05, 4.69) is 0 Å². The first-order valence-electron chi connectivity index (χ1n) is 4.07. The Kier molecular flexibility index (Phi) is 2.47. The molecular formula is C9H13ClO2. The lowest BCUT2D eigenvalue weighted by Gasteiger charge is -2.29. The van der Waals surface area contributed by atoms with Crippen LogP contribution >= 0.6 is 11.6 Å². The van der Waals surface area contributed by atoms with Crippen LogP contribution in [-0.2, 0) is 4.79 Å². The molecule has 0 saturated heterocycles. The second kappa shape index (κ2) is 3.09. The lowest BCUT2D eigenvalue weighted by molar-refractivity contribution is -0.133. The Morgan fingerprint density at radius 1 is 1.58 bits per heavy atom. The predicted octanol–water partition coefficient (Wildman–Crippen LogP) is 2.77. The van der Waals surface area contributed by atoms with Gasteiger partial charge in [0, 0.05) is 10.4 Å². The summed E-state index contributed by atoms with van der Waals surface area (Å²) in [7, 11) is 0. The maximum absolute atomic E-state index is 10.7. The maximum Gasteiger partial charge on any atom is 0.332 e. The molecule has 2 nitrogen and oxygen atoms in total. The largest absolute Gasteiger partial charge is 0.478 e. The number of hydrogen-bond donors (Lipinski definition) is 1. The first-order chi connectivity index (χ1) is 5.45. The molecule has 0 amide bonds. The Bertz CT molecular complexity index is 241. The summed E-state index contributed by atoms with van der Waals surface area (Å²) >= 11 is 5.97. The zero-order valence-electron chi connectivity index (χ0n) is 7.35. The van der Waals surface area contributed by atoms with Gasteiger partial charge in [-0.1, -0.05) is 25.4 Å². The van der Waals surface area contributed by atoms with E-state index in [1.165, 1.54) is 0 Å². The molecule has 0 atom stereocenters. The summed E-state index contributed by atoms with van der Waals surface area (Å²) in [4.78, 5) is 10.7. The molecule has 0 aromatic carbocycles. The van der Waals surface area contributed by atoms with Crippen LogP contribution < -0.4 is 0 Å². The molecule has 0 aromatic heterocycles. The van der Waals surface area contributed by atoms with Crippen LogP contribution in [0.4, 0.5) is 0 Å². The Labute approximate surface area is 77.2 Å². The highest BCUT2D eigenvalue weighted by molar-refractivity contribution is 6.32. The molecule has 0 radical (unpaired) electrons. The van der Waals surface area contributed by atoms with Crippen LogP contribution in [0.5, 0.6) is 0 Å². The van der Waals surface area contributed by atoms with Crippen molar-refractivity contribution in [2.45, 2.75) is 33.1 Å². The molecule has 0 fully saturated rings. The third kappa shape index (κ3) is 1.63. The van der Waals surface area contributed by atoms with E-state index in [4.69, 9.17) is 16.7 Å². The van der Waals surface area contributed by atoms with E-state index < -0.39 is 5.97 Å². The number of rotatable bonds is 1. The minimum Gasteiger partial charge on any atom is -0.478 e. The fourth-order valence-electron chi connectivity index (χ4n) is 1.54. The van der Waals surface area contributed by atoms with Crippen LogP contribution in [-0.4, -0.2) is 11.1 Å². The van der Waals surface area contributed by atoms with E-state index >= 15 is 0 Å². The zero-order chi connectivity index (χ0) is 9.35. The molecule has 0 heterocycles. The van der Waals surface area contributed by atoms with E-state index in [0.717, 1.165) is 12.8 Å².